The second-order valence-electron chi connectivity index (χ2n) is 11.1. The molecule has 0 fully saturated rings. The Morgan fingerprint density at radius 3 is 1.74 bits per heavy atom. The van der Waals surface area contributed by atoms with E-state index >= 15 is 0 Å². The normalized spacial score (nSPS) is 11.3. The van der Waals surface area contributed by atoms with Crippen molar-refractivity contribution in [2.45, 2.75) is 33.3 Å². The van der Waals surface area contributed by atoms with E-state index in [-0.39, 0.29) is 11.1 Å². The molecule has 6 aromatic rings. The molecular weight excluding hydrogens is 715 g/mol. The number of aryl methyl sites for hydroxylation is 2. The first-order valence-electron chi connectivity index (χ1n) is 14.8. The Kier molecular flexibility index (Phi) is 9.23. The van der Waals surface area contributed by atoms with E-state index < -0.39 is 5.92 Å². The van der Waals surface area contributed by atoms with Gasteiger partial charge in [-0.25, -0.2) is 0 Å². The zero-order chi connectivity index (χ0) is 32.4. The van der Waals surface area contributed by atoms with Gasteiger partial charge in [-0.2, -0.15) is 0 Å². The summed E-state index contributed by atoms with van der Waals surface area (Å²) < 4.78 is 13.2. The van der Waals surface area contributed by atoms with E-state index in [2.05, 4.69) is 43.0 Å². The molecule has 234 valence electrons. The van der Waals surface area contributed by atoms with Crippen molar-refractivity contribution in [2.75, 3.05) is 6.61 Å². The summed E-state index contributed by atoms with van der Waals surface area (Å²) in [5, 5.41) is 12.4. The van der Waals surface area contributed by atoms with Crippen molar-refractivity contribution in [3.63, 3.8) is 0 Å². The van der Waals surface area contributed by atoms with Gasteiger partial charge in [0.2, 0.25) is 0 Å². The maximum Gasteiger partial charge on any atom is 0.268 e. The zero-order valence-electron chi connectivity index (χ0n) is 25.5. The lowest BCUT2D eigenvalue weighted by atomic mass is 9.83. The molecule has 0 unspecified atom stereocenters. The number of nitrogens with one attached hydrogen (secondary N) is 4. The number of hydrogen-bond donors (Lipinski definition) is 4. The molecule has 0 atom stereocenters. The number of aromatic amines is 4. The first-order chi connectivity index (χ1) is 22.2. The molecule has 0 amide bonds. The Morgan fingerprint density at radius 1 is 0.717 bits per heavy atom. The molecule has 4 N–H and O–H groups in total. The van der Waals surface area contributed by atoms with Gasteiger partial charge >= 0.3 is 0 Å². The Balaban J connectivity index is 1.55. The van der Waals surface area contributed by atoms with Gasteiger partial charge in [0.15, 0.2) is 11.5 Å². The average molecular weight is 747 g/mol. The minimum atomic E-state index is -0.782. The molecule has 6 rings (SSSR count). The molecule has 4 aromatic carbocycles. The Morgan fingerprint density at radius 2 is 1.24 bits per heavy atom. The van der Waals surface area contributed by atoms with Gasteiger partial charge < -0.3 is 9.47 Å². The van der Waals surface area contributed by atoms with Gasteiger partial charge in [-0.1, -0.05) is 83.4 Å². The molecule has 46 heavy (non-hydrogen) atoms. The Hall–Kier alpha value is -4.48. The fourth-order valence-corrected chi connectivity index (χ4v) is 6.46. The number of rotatable bonds is 10. The fourth-order valence-electron chi connectivity index (χ4n) is 5.55. The number of benzene rings is 4. The first kappa shape index (κ1) is 31.5. The minimum absolute atomic E-state index is 0.306. The van der Waals surface area contributed by atoms with Gasteiger partial charge in [-0.15, -0.1) is 0 Å². The quantitative estimate of drug-likeness (QED) is 0.106. The van der Waals surface area contributed by atoms with Crippen molar-refractivity contribution in [1.82, 2.24) is 20.4 Å². The van der Waals surface area contributed by atoms with E-state index in [9.17, 15) is 9.59 Å². The molecule has 0 aliphatic carbocycles. The monoisotopic (exact) mass is 746 g/mol. The highest BCUT2D eigenvalue weighted by molar-refractivity contribution is 14.1. The highest BCUT2D eigenvalue weighted by Crippen LogP contribution is 2.43. The molecule has 8 nitrogen and oxygen atoms in total. The zero-order valence-corrected chi connectivity index (χ0v) is 28.4. The summed E-state index contributed by atoms with van der Waals surface area (Å²) in [4.78, 5) is 27.5. The maximum absolute atomic E-state index is 13.8. The molecule has 0 bridgehead atoms. The third-order valence-corrected chi connectivity index (χ3v) is 8.90. The molecule has 2 heterocycles. The highest BCUT2D eigenvalue weighted by Gasteiger charge is 2.32. The van der Waals surface area contributed by atoms with Gasteiger partial charge in [-0.05, 0) is 89.9 Å². The van der Waals surface area contributed by atoms with Gasteiger partial charge in [0.1, 0.15) is 6.61 Å². The third kappa shape index (κ3) is 6.43. The predicted molar refractivity (Wildman–Crippen MR) is 190 cm³/mol. The van der Waals surface area contributed by atoms with Crippen molar-refractivity contribution >= 4 is 34.2 Å². The number of halogens is 2. The fraction of sp³-hybridized carbons (Fsp3) is 0.167. The number of aromatic nitrogens is 4. The van der Waals surface area contributed by atoms with Gasteiger partial charge in [0, 0.05) is 10.9 Å². The standard InChI is InChI=1S/C36H32ClIN4O4/c1-4-45-28-18-25(17-27(38)34(28)46-19-22-9-15-26(37)16-10-22)29(30-32(39-41-35(30)43)23-11-5-20(2)6-12-23)31-33(40-42-36(31)44)24-13-7-21(3)8-14-24/h5-18,29H,4,19H2,1-3H3,(H2,39,41,43)(H2,40,42,44). The molecule has 0 aliphatic heterocycles. The van der Waals surface area contributed by atoms with Gasteiger partial charge in [-0.3, -0.25) is 30.0 Å². The van der Waals surface area contributed by atoms with Crippen LogP contribution < -0.4 is 20.6 Å². The second-order valence-corrected chi connectivity index (χ2v) is 12.7. The van der Waals surface area contributed by atoms with Crippen molar-refractivity contribution in [3.8, 4) is 34.0 Å². The van der Waals surface area contributed by atoms with E-state index in [0.29, 0.717) is 57.8 Å². The maximum atomic E-state index is 13.8. The summed E-state index contributed by atoms with van der Waals surface area (Å²) >= 11 is 8.29. The van der Waals surface area contributed by atoms with Crippen LogP contribution in [0.2, 0.25) is 5.02 Å². The summed E-state index contributed by atoms with van der Waals surface area (Å²) in [6.07, 6.45) is 0. The molecule has 0 saturated heterocycles. The van der Waals surface area contributed by atoms with E-state index in [4.69, 9.17) is 21.1 Å². The van der Waals surface area contributed by atoms with Crippen LogP contribution in [0.3, 0.4) is 0 Å². The predicted octanol–water partition coefficient (Wildman–Crippen LogP) is 8.09. The van der Waals surface area contributed by atoms with Crippen LogP contribution in [0.4, 0.5) is 0 Å². The lowest BCUT2D eigenvalue weighted by Gasteiger charge is -2.21. The van der Waals surface area contributed by atoms with Crippen LogP contribution >= 0.6 is 34.2 Å². The lowest BCUT2D eigenvalue weighted by Crippen LogP contribution is -2.20. The molecule has 0 spiro atoms. The van der Waals surface area contributed by atoms with E-state index in [1.165, 1.54) is 0 Å². The van der Waals surface area contributed by atoms with Crippen LogP contribution in [0.15, 0.2) is 94.5 Å². The number of H-pyrrole nitrogens is 4. The number of ether oxygens (including phenoxy) is 2. The molecule has 0 radical (unpaired) electrons. The van der Waals surface area contributed by atoms with Crippen LogP contribution in [0.5, 0.6) is 11.5 Å². The first-order valence-corrected chi connectivity index (χ1v) is 16.3. The van der Waals surface area contributed by atoms with Crippen LogP contribution in [0.25, 0.3) is 22.5 Å². The molecule has 10 heteroatoms. The molecule has 0 aliphatic rings. The smallest absolute Gasteiger partial charge is 0.268 e. The van der Waals surface area contributed by atoms with Crippen LogP contribution in [-0.2, 0) is 6.61 Å². The second kappa shape index (κ2) is 13.5. The summed E-state index contributed by atoms with van der Waals surface area (Å²) in [5.74, 6) is 0.301. The van der Waals surface area contributed by atoms with Crippen LogP contribution in [0.1, 0.15) is 46.2 Å². The molecule has 2 aromatic heterocycles. The summed E-state index contributed by atoms with van der Waals surface area (Å²) in [6.45, 7) is 6.61. The highest BCUT2D eigenvalue weighted by atomic mass is 127. The van der Waals surface area contributed by atoms with Crippen LogP contribution in [-0.4, -0.2) is 27.0 Å². The SMILES string of the molecule is CCOc1cc(C(c2c(-c3ccc(C)cc3)[nH][nH]c2=O)c2c(-c3ccc(C)cc3)[nH][nH]c2=O)cc(I)c1OCc1ccc(Cl)cc1. The third-order valence-electron chi connectivity index (χ3n) is 7.85. The molecular formula is C36H32ClIN4O4. The van der Waals surface area contributed by atoms with E-state index in [1.807, 2.05) is 106 Å². The summed E-state index contributed by atoms with van der Waals surface area (Å²) in [5.41, 5.74) is 6.83. The Bertz CT molecular complexity index is 2000. The van der Waals surface area contributed by atoms with Gasteiger partial charge in [0.05, 0.1) is 32.7 Å². The van der Waals surface area contributed by atoms with Crippen LogP contribution in [0, 0.1) is 17.4 Å². The minimum Gasteiger partial charge on any atom is -0.490 e. The van der Waals surface area contributed by atoms with E-state index in [1.54, 1.807) is 0 Å². The van der Waals surface area contributed by atoms with E-state index in [0.717, 1.165) is 31.4 Å². The number of hydrogen-bond acceptors (Lipinski definition) is 4. The summed E-state index contributed by atoms with van der Waals surface area (Å²) in [7, 11) is 0. The van der Waals surface area contributed by atoms with Crippen molar-refractivity contribution in [3.05, 3.63) is 148 Å². The largest absolute Gasteiger partial charge is 0.490 e. The van der Waals surface area contributed by atoms with Crippen molar-refractivity contribution < 1.29 is 9.47 Å². The topological polar surface area (TPSA) is 116 Å². The lowest BCUT2D eigenvalue weighted by molar-refractivity contribution is 0.267. The van der Waals surface area contributed by atoms with Gasteiger partial charge in [0.25, 0.3) is 11.1 Å². The summed E-state index contributed by atoms with van der Waals surface area (Å²) in [6, 6.07) is 27.1. The van der Waals surface area contributed by atoms with Crippen molar-refractivity contribution in [2.24, 2.45) is 0 Å². The molecule has 0 saturated carbocycles. The van der Waals surface area contributed by atoms with Crippen molar-refractivity contribution in [1.29, 1.82) is 0 Å². The average Bonchev–Trinajstić information content (AvgIpc) is 3.61. The Labute approximate surface area is 284 Å².